The first-order chi connectivity index (χ1) is 17.5. The molecule has 3 aromatic rings. The molecule has 0 saturated heterocycles. The molecule has 0 aromatic heterocycles. The summed E-state index contributed by atoms with van der Waals surface area (Å²) in [6.45, 7) is 3.80. The lowest BCUT2D eigenvalue weighted by atomic mass is 9.91. The predicted octanol–water partition coefficient (Wildman–Crippen LogP) is 5.16. The van der Waals surface area contributed by atoms with Crippen LogP contribution in [-0.2, 0) is 22.2 Å². The summed E-state index contributed by atoms with van der Waals surface area (Å²) in [4.78, 5) is 39.4. The van der Waals surface area contributed by atoms with Gasteiger partial charge < -0.3 is 15.4 Å². The van der Waals surface area contributed by atoms with Crippen molar-refractivity contribution in [1.82, 2.24) is 4.90 Å². The van der Waals surface area contributed by atoms with Crippen LogP contribution in [0.15, 0.2) is 66.7 Å². The summed E-state index contributed by atoms with van der Waals surface area (Å²) in [7, 11) is 0. The molecule has 0 aliphatic carbocycles. The zero-order valence-electron chi connectivity index (χ0n) is 20.2. The van der Waals surface area contributed by atoms with Crippen molar-refractivity contribution in [2.75, 3.05) is 6.54 Å². The molecule has 0 fully saturated rings. The number of benzene rings is 3. The maximum Gasteiger partial charge on any atom is 0.416 e. The molecule has 9 heteroatoms. The van der Waals surface area contributed by atoms with Gasteiger partial charge in [-0.25, -0.2) is 4.79 Å². The highest BCUT2D eigenvalue weighted by molar-refractivity contribution is 5.98. The number of amides is 2. The van der Waals surface area contributed by atoms with Crippen molar-refractivity contribution in [1.29, 1.82) is 0 Å². The zero-order chi connectivity index (χ0) is 26.9. The average molecular weight is 511 g/mol. The molecule has 192 valence electrons. The first kappa shape index (κ1) is 25.9. The van der Waals surface area contributed by atoms with Crippen LogP contribution < -0.4 is 10.5 Å². The number of alkyl halides is 3. The van der Waals surface area contributed by atoms with Crippen LogP contribution in [0.5, 0.6) is 5.75 Å². The maximum atomic E-state index is 13.1. The zero-order valence-corrected chi connectivity index (χ0v) is 20.2. The summed E-state index contributed by atoms with van der Waals surface area (Å²) < 4.78 is 44.4. The monoisotopic (exact) mass is 510 g/mol. The van der Waals surface area contributed by atoms with Gasteiger partial charge in [-0.15, -0.1) is 0 Å². The van der Waals surface area contributed by atoms with E-state index >= 15 is 0 Å². The number of rotatable bonds is 5. The lowest BCUT2D eigenvalue weighted by molar-refractivity contribution is -0.142. The van der Waals surface area contributed by atoms with Crippen LogP contribution in [-0.4, -0.2) is 29.2 Å². The van der Waals surface area contributed by atoms with Crippen LogP contribution >= 0.6 is 0 Å². The Morgan fingerprint density at radius 2 is 1.68 bits per heavy atom. The summed E-state index contributed by atoms with van der Waals surface area (Å²) >= 11 is 0. The summed E-state index contributed by atoms with van der Waals surface area (Å²) in [5.41, 5.74) is 7.21. The number of esters is 1. The van der Waals surface area contributed by atoms with Crippen molar-refractivity contribution in [3.8, 4) is 16.9 Å². The van der Waals surface area contributed by atoms with Crippen LogP contribution in [0.4, 0.5) is 13.2 Å². The maximum absolute atomic E-state index is 13.1. The lowest BCUT2D eigenvalue weighted by Gasteiger charge is -2.36. The predicted molar refractivity (Wildman–Crippen MR) is 130 cm³/mol. The first-order valence-corrected chi connectivity index (χ1v) is 11.7. The Morgan fingerprint density at radius 3 is 2.30 bits per heavy atom. The molecule has 3 aromatic carbocycles. The quantitative estimate of drug-likeness (QED) is 0.379. The molecule has 1 aliphatic rings. The third-order valence-electron chi connectivity index (χ3n) is 6.27. The number of hydrogen-bond donors (Lipinski definition) is 1. The Labute approximate surface area is 211 Å². The van der Waals surface area contributed by atoms with Gasteiger partial charge in [-0.1, -0.05) is 50.2 Å². The fraction of sp³-hybridized carbons (Fsp3) is 0.250. The molecule has 1 heterocycles. The van der Waals surface area contributed by atoms with Crippen LogP contribution in [0.1, 0.15) is 46.9 Å². The summed E-state index contributed by atoms with van der Waals surface area (Å²) in [5.74, 6) is -1.57. The second-order valence-corrected chi connectivity index (χ2v) is 9.11. The molecule has 0 saturated carbocycles. The first-order valence-electron chi connectivity index (χ1n) is 11.7. The molecule has 1 atom stereocenters. The molecule has 4 rings (SSSR count). The summed E-state index contributed by atoms with van der Waals surface area (Å²) in [6.07, 6.45) is -4.01. The van der Waals surface area contributed by atoms with E-state index < -0.39 is 29.7 Å². The van der Waals surface area contributed by atoms with Gasteiger partial charge >= 0.3 is 12.1 Å². The van der Waals surface area contributed by atoms with Gasteiger partial charge in [0, 0.05) is 12.5 Å². The smallest absolute Gasteiger partial charge is 0.416 e. The SMILES string of the molecule is CC(C)C(=O)N1CCc2cc(OC(=O)c3ccccc3-c3ccc(C(F)(F)F)cc3)ccc2C1C(N)=O. The van der Waals surface area contributed by atoms with Gasteiger partial charge in [0.15, 0.2) is 0 Å². The van der Waals surface area contributed by atoms with Gasteiger partial charge in [0.2, 0.25) is 11.8 Å². The van der Waals surface area contributed by atoms with Crippen molar-refractivity contribution in [3.05, 3.63) is 89.0 Å². The molecule has 1 aliphatic heterocycles. The molecule has 1 unspecified atom stereocenters. The molecule has 2 N–H and O–H groups in total. The second-order valence-electron chi connectivity index (χ2n) is 9.11. The van der Waals surface area contributed by atoms with Crippen molar-refractivity contribution >= 4 is 17.8 Å². The highest BCUT2D eigenvalue weighted by Gasteiger charge is 2.36. The highest BCUT2D eigenvalue weighted by atomic mass is 19.4. The topological polar surface area (TPSA) is 89.7 Å². The Hall–Kier alpha value is -4.14. The molecule has 0 bridgehead atoms. The van der Waals surface area contributed by atoms with Gasteiger partial charge in [-0.2, -0.15) is 13.2 Å². The third-order valence-corrected chi connectivity index (χ3v) is 6.27. The van der Waals surface area contributed by atoms with E-state index in [4.69, 9.17) is 10.5 Å². The Balaban J connectivity index is 1.59. The number of carbonyl (C=O) groups is 3. The number of carbonyl (C=O) groups excluding carboxylic acids is 3. The largest absolute Gasteiger partial charge is 0.423 e. The van der Waals surface area contributed by atoms with Gasteiger partial charge in [0.05, 0.1) is 11.1 Å². The van der Waals surface area contributed by atoms with E-state index in [2.05, 4.69) is 0 Å². The van der Waals surface area contributed by atoms with E-state index in [9.17, 15) is 27.6 Å². The minimum Gasteiger partial charge on any atom is -0.423 e. The third kappa shape index (κ3) is 5.35. The number of ether oxygens (including phenoxy) is 1. The van der Waals surface area contributed by atoms with Crippen LogP contribution in [0, 0.1) is 5.92 Å². The fourth-order valence-corrected chi connectivity index (χ4v) is 4.46. The van der Waals surface area contributed by atoms with Crippen molar-refractivity contribution in [3.63, 3.8) is 0 Å². The normalized spacial score (nSPS) is 15.3. The number of primary amides is 1. The van der Waals surface area contributed by atoms with E-state index in [0.717, 1.165) is 17.7 Å². The molecular weight excluding hydrogens is 485 g/mol. The van der Waals surface area contributed by atoms with E-state index in [1.807, 2.05) is 0 Å². The van der Waals surface area contributed by atoms with Crippen molar-refractivity contribution < 1.29 is 32.3 Å². The number of halogens is 3. The minimum absolute atomic E-state index is 0.176. The van der Waals surface area contributed by atoms with E-state index in [-0.39, 0.29) is 23.1 Å². The summed E-state index contributed by atoms with van der Waals surface area (Å²) in [5, 5.41) is 0. The molecule has 6 nitrogen and oxygen atoms in total. The van der Waals surface area contributed by atoms with Gasteiger partial charge in [-0.05, 0) is 59.0 Å². The van der Waals surface area contributed by atoms with E-state index in [0.29, 0.717) is 29.7 Å². The Morgan fingerprint density at radius 1 is 1.00 bits per heavy atom. The fourth-order valence-electron chi connectivity index (χ4n) is 4.46. The van der Waals surface area contributed by atoms with Crippen LogP contribution in [0.2, 0.25) is 0 Å². The van der Waals surface area contributed by atoms with E-state index in [1.165, 1.54) is 29.2 Å². The highest BCUT2D eigenvalue weighted by Crippen LogP contribution is 2.35. The Kier molecular flexibility index (Phi) is 7.07. The molecule has 2 amide bonds. The average Bonchev–Trinajstić information content (AvgIpc) is 2.86. The van der Waals surface area contributed by atoms with Crippen molar-refractivity contribution in [2.24, 2.45) is 11.7 Å². The van der Waals surface area contributed by atoms with Crippen molar-refractivity contribution in [2.45, 2.75) is 32.5 Å². The van der Waals surface area contributed by atoms with E-state index in [1.54, 1.807) is 44.2 Å². The minimum atomic E-state index is -4.46. The van der Waals surface area contributed by atoms with Gasteiger partial charge in [0.1, 0.15) is 11.8 Å². The second kappa shape index (κ2) is 10.1. The number of nitrogens with zero attached hydrogens (tertiary/aromatic N) is 1. The number of nitrogens with two attached hydrogens (primary N) is 1. The van der Waals surface area contributed by atoms with Gasteiger partial charge in [0.25, 0.3) is 0 Å². The number of hydrogen-bond acceptors (Lipinski definition) is 4. The Bertz CT molecular complexity index is 1350. The number of fused-ring (bicyclic) bond motifs is 1. The molecule has 37 heavy (non-hydrogen) atoms. The summed E-state index contributed by atoms with van der Waals surface area (Å²) in [6, 6.07) is 14.9. The van der Waals surface area contributed by atoms with Gasteiger partial charge in [-0.3, -0.25) is 9.59 Å². The van der Waals surface area contributed by atoms with Crippen LogP contribution in [0.25, 0.3) is 11.1 Å². The standard InChI is InChI=1S/C28H25F3N2O4/c1-16(2)26(35)33-14-13-18-15-20(11-12-22(18)24(33)25(32)34)37-27(36)23-6-4-3-5-21(23)17-7-9-19(10-8-17)28(29,30)31/h3-12,15-16,24H,13-14H2,1-2H3,(H2,32,34). The van der Waals surface area contributed by atoms with Crippen LogP contribution in [0.3, 0.4) is 0 Å². The lowest BCUT2D eigenvalue weighted by Crippen LogP contribution is -2.47. The molecule has 0 spiro atoms. The molecular formula is C28H25F3N2O4. The molecule has 0 radical (unpaired) electrons.